The summed E-state index contributed by atoms with van der Waals surface area (Å²) in [6.07, 6.45) is 1.99. The molecule has 2 rings (SSSR count). The highest BCUT2D eigenvalue weighted by atomic mass is 79.9. The molecule has 0 bridgehead atoms. The van der Waals surface area contributed by atoms with Crippen LogP contribution in [0.25, 0.3) is 0 Å². The molecule has 2 aromatic rings. The van der Waals surface area contributed by atoms with Crippen molar-refractivity contribution in [2.45, 2.75) is 13.3 Å². The first-order chi connectivity index (χ1) is 8.56. The molecule has 3 nitrogen and oxygen atoms in total. The molecule has 2 N–H and O–H groups in total. The smallest absolute Gasteiger partial charge is 0.170 e. The lowest BCUT2D eigenvalue weighted by Gasteiger charge is -2.05. The van der Waals surface area contributed by atoms with Gasteiger partial charge in [-0.1, -0.05) is 28.1 Å². The van der Waals surface area contributed by atoms with Crippen LogP contribution in [0.2, 0.25) is 0 Å². The first-order valence-corrected chi connectivity index (χ1v) is 6.35. The normalized spacial score (nSPS) is 10.3. The Balaban J connectivity index is 2.24. The summed E-state index contributed by atoms with van der Waals surface area (Å²) in [6.45, 7) is 1.89. The molecule has 0 spiro atoms. The van der Waals surface area contributed by atoms with E-state index in [4.69, 9.17) is 5.73 Å². The Morgan fingerprint density at radius 2 is 2.17 bits per heavy atom. The summed E-state index contributed by atoms with van der Waals surface area (Å²) in [5.41, 5.74) is 8.11. The quantitative estimate of drug-likeness (QED) is 0.886. The second kappa shape index (κ2) is 5.31. The van der Waals surface area contributed by atoms with Gasteiger partial charge in [-0.3, -0.25) is 4.79 Å². The van der Waals surface area contributed by atoms with Crippen LogP contribution >= 0.6 is 15.9 Å². The van der Waals surface area contributed by atoms with Crippen molar-refractivity contribution in [2.75, 3.05) is 5.73 Å². The van der Waals surface area contributed by atoms with Gasteiger partial charge in [-0.05, 0) is 36.2 Å². The van der Waals surface area contributed by atoms with E-state index in [0.29, 0.717) is 17.8 Å². The van der Waals surface area contributed by atoms with Gasteiger partial charge in [0.2, 0.25) is 0 Å². The van der Waals surface area contributed by atoms with E-state index in [-0.39, 0.29) is 5.78 Å². The number of carbonyl (C=O) groups is 1. The van der Waals surface area contributed by atoms with Crippen LogP contribution in [0.3, 0.4) is 0 Å². The van der Waals surface area contributed by atoms with Crippen molar-refractivity contribution in [1.82, 2.24) is 4.98 Å². The van der Waals surface area contributed by atoms with E-state index in [1.807, 2.05) is 31.2 Å². The van der Waals surface area contributed by atoms with E-state index in [1.54, 1.807) is 12.3 Å². The largest absolute Gasteiger partial charge is 0.383 e. The Morgan fingerprint density at radius 1 is 1.39 bits per heavy atom. The third-order valence-electron chi connectivity index (χ3n) is 2.61. The lowest BCUT2D eigenvalue weighted by molar-refractivity contribution is 0.0993. The number of nitrogen functional groups attached to an aromatic ring is 1. The van der Waals surface area contributed by atoms with Crippen molar-refractivity contribution >= 4 is 27.5 Å². The van der Waals surface area contributed by atoms with Crippen LogP contribution in [-0.2, 0) is 6.42 Å². The third-order valence-corrected chi connectivity index (χ3v) is 3.10. The maximum absolute atomic E-state index is 12.2. The Bertz CT molecular complexity index is 596. The molecule has 0 aliphatic carbocycles. The number of nitrogens with two attached hydrogens (primary N) is 1. The van der Waals surface area contributed by atoms with Crippen molar-refractivity contribution in [2.24, 2.45) is 0 Å². The number of ketones is 1. The third kappa shape index (κ3) is 2.96. The van der Waals surface area contributed by atoms with Gasteiger partial charge in [0.15, 0.2) is 5.78 Å². The van der Waals surface area contributed by atoms with E-state index in [0.717, 1.165) is 15.6 Å². The molecular weight excluding hydrogens is 292 g/mol. The number of halogens is 1. The average Bonchev–Trinajstić information content (AvgIpc) is 2.32. The molecule has 1 heterocycles. The molecule has 18 heavy (non-hydrogen) atoms. The van der Waals surface area contributed by atoms with Gasteiger partial charge in [0.1, 0.15) is 5.82 Å². The number of benzene rings is 1. The summed E-state index contributed by atoms with van der Waals surface area (Å²) < 4.78 is 0.961. The number of pyridine rings is 1. The zero-order valence-electron chi connectivity index (χ0n) is 9.98. The number of rotatable bonds is 3. The number of hydrogen-bond acceptors (Lipinski definition) is 3. The van der Waals surface area contributed by atoms with Crippen LogP contribution in [0.4, 0.5) is 5.82 Å². The van der Waals surface area contributed by atoms with Crippen LogP contribution in [0.1, 0.15) is 21.5 Å². The fourth-order valence-electron chi connectivity index (χ4n) is 1.73. The average molecular weight is 305 g/mol. The predicted molar refractivity (Wildman–Crippen MR) is 75.6 cm³/mol. The van der Waals surface area contributed by atoms with Crippen molar-refractivity contribution in [3.63, 3.8) is 0 Å². The van der Waals surface area contributed by atoms with Gasteiger partial charge in [-0.2, -0.15) is 0 Å². The molecule has 4 heteroatoms. The minimum atomic E-state index is -0.0122. The van der Waals surface area contributed by atoms with Crippen molar-refractivity contribution < 1.29 is 4.79 Å². The second-order valence-electron chi connectivity index (χ2n) is 4.18. The van der Waals surface area contributed by atoms with Crippen LogP contribution in [0.5, 0.6) is 0 Å². The van der Waals surface area contributed by atoms with E-state index in [2.05, 4.69) is 20.9 Å². The molecule has 0 unspecified atom stereocenters. The van der Waals surface area contributed by atoms with Gasteiger partial charge in [0.25, 0.3) is 0 Å². The first-order valence-electron chi connectivity index (χ1n) is 5.56. The van der Waals surface area contributed by atoms with Crippen molar-refractivity contribution in [3.05, 3.63) is 57.7 Å². The number of aryl methyl sites for hydroxylation is 1. The van der Waals surface area contributed by atoms with Crippen LogP contribution in [0, 0.1) is 6.92 Å². The Labute approximate surface area is 114 Å². The van der Waals surface area contributed by atoms with Crippen LogP contribution in [0.15, 0.2) is 41.0 Å². The zero-order valence-corrected chi connectivity index (χ0v) is 11.6. The highest BCUT2D eigenvalue weighted by Gasteiger charge is 2.12. The Hall–Kier alpha value is -1.68. The molecule has 1 aromatic heterocycles. The van der Waals surface area contributed by atoms with Crippen molar-refractivity contribution in [1.29, 1.82) is 0 Å². The molecule has 0 fully saturated rings. The number of aromatic nitrogens is 1. The number of carbonyl (C=O) groups excluding carboxylic acids is 1. The van der Waals surface area contributed by atoms with E-state index >= 15 is 0 Å². The Morgan fingerprint density at radius 3 is 2.89 bits per heavy atom. The minimum absolute atomic E-state index is 0.0122. The molecule has 0 amide bonds. The standard InChI is InChI=1S/C14H13BrN2O/c1-9-5-12(14(16)17-8-9)13(18)7-10-3-2-4-11(15)6-10/h2-6,8H,7H2,1H3,(H2,16,17). The van der Waals surface area contributed by atoms with Crippen molar-refractivity contribution in [3.8, 4) is 0 Å². The Kier molecular flexibility index (Phi) is 3.77. The predicted octanol–water partition coefficient (Wildman–Crippen LogP) is 3.16. The maximum Gasteiger partial charge on any atom is 0.170 e. The van der Waals surface area contributed by atoms with Gasteiger partial charge in [-0.15, -0.1) is 0 Å². The van der Waals surface area contributed by atoms with E-state index in [1.165, 1.54) is 0 Å². The topological polar surface area (TPSA) is 56.0 Å². The number of hydrogen-bond donors (Lipinski definition) is 1. The molecule has 0 aliphatic heterocycles. The molecule has 0 saturated heterocycles. The van der Waals surface area contributed by atoms with Gasteiger partial charge >= 0.3 is 0 Å². The zero-order chi connectivity index (χ0) is 13.1. The molecular formula is C14H13BrN2O. The molecule has 0 atom stereocenters. The molecule has 1 aromatic carbocycles. The lowest BCUT2D eigenvalue weighted by atomic mass is 10.0. The summed E-state index contributed by atoms with van der Waals surface area (Å²) in [4.78, 5) is 16.2. The van der Waals surface area contributed by atoms with Crippen LogP contribution < -0.4 is 5.73 Å². The van der Waals surface area contributed by atoms with Gasteiger partial charge in [-0.25, -0.2) is 4.98 Å². The van der Waals surface area contributed by atoms with E-state index < -0.39 is 0 Å². The molecule has 92 valence electrons. The highest BCUT2D eigenvalue weighted by Crippen LogP contribution is 2.16. The number of nitrogens with zero attached hydrogens (tertiary/aromatic N) is 1. The van der Waals surface area contributed by atoms with Crippen LogP contribution in [-0.4, -0.2) is 10.8 Å². The minimum Gasteiger partial charge on any atom is -0.383 e. The van der Waals surface area contributed by atoms with Gasteiger partial charge in [0.05, 0.1) is 5.56 Å². The maximum atomic E-state index is 12.2. The SMILES string of the molecule is Cc1cnc(N)c(C(=O)Cc2cccc(Br)c2)c1. The summed E-state index contributed by atoms with van der Waals surface area (Å²) in [5, 5.41) is 0. The lowest BCUT2D eigenvalue weighted by Crippen LogP contribution is -2.08. The number of anilines is 1. The first kappa shape index (κ1) is 12.8. The molecule has 0 radical (unpaired) electrons. The fourth-order valence-corrected chi connectivity index (χ4v) is 2.18. The molecule has 0 aliphatic rings. The van der Waals surface area contributed by atoms with Gasteiger partial charge in [0, 0.05) is 17.1 Å². The second-order valence-corrected chi connectivity index (χ2v) is 5.09. The van der Waals surface area contributed by atoms with E-state index in [9.17, 15) is 4.79 Å². The van der Waals surface area contributed by atoms with Gasteiger partial charge < -0.3 is 5.73 Å². The molecule has 0 saturated carbocycles. The summed E-state index contributed by atoms with van der Waals surface area (Å²) in [5.74, 6) is 0.280. The summed E-state index contributed by atoms with van der Waals surface area (Å²) in [7, 11) is 0. The number of Topliss-reactive ketones (excluding diaryl/α,β-unsaturated/α-hetero) is 1. The fraction of sp³-hybridized carbons (Fsp3) is 0.143. The summed E-state index contributed by atoms with van der Waals surface area (Å²) >= 11 is 3.39. The summed E-state index contributed by atoms with van der Waals surface area (Å²) in [6, 6.07) is 9.46. The highest BCUT2D eigenvalue weighted by molar-refractivity contribution is 9.10. The monoisotopic (exact) mass is 304 g/mol.